The molecule has 1 fully saturated rings. The van der Waals surface area contributed by atoms with Crippen molar-refractivity contribution in [3.8, 4) is 0 Å². The van der Waals surface area contributed by atoms with Crippen molar-refractivity contribution in [2.45, 2.75) is 32.2 Å². The highest BCUT2D eigenvalue weighted by atomic mass is 15.1. The molecule has 1 aliphatic heterocycles. The van der Waals surface area contributed by atoms with E-state index in [0.29, 0.717) is 0 Å². The Hall–Kier alpha value is -1.60. The molecule has 1 aliphatic rings. The summed E-state index contributed by atoms with van der Waals surface area (Å²) in [5, 5.41) is 0. The fourth-order valence-electron chi connectivity index (χ4n) is 3.29. The Kier molecular flexibility index (Phi) is 5.07. The molecule has 3 rings (SSSR count). The minimum atomic E-state index is 0.914. The maximum absolute atomic E-state index is 2.61. The largest absolute Gasteiger partial charge is 0.299 e. The average Bonchev–Trinajstić information content (AvgIpc) is 2.56. The molecule has 1 saturated heterocycles. The van der Waals surface area contributed by atoms with E-state index in [1.54, 1.807) is 0 Å². The van der Waals surface area contributed by atoms with Gasteiger partial charge in [0, 0.05) is 6.54 Å². The second kappa shape index (κ2) is 7.42. The Morgan fingerprint density at radius 3 is 1.95 bits per heavy atom. The van der Waals surface area contributed by atoms with Crippen molar-refractivity contribution in [3.63, 3.8) is 0 Å². The quantitative estimate of drug-likeness (QED) is 0.777. The van der Waals surface area contributed by atoms with E-state index < -0.39 is 0 Å². The van der Waals surface area contributed by atoms with Gasteiger partial charge in [0.1, 0.15) is 0 Å². The number of nitrogens with zero attached hydrogens (tertiary/aromatic N) is 1. The Morgan fingerprint density at radius 1 is 0.762 bits per heavy atom. The van der Waals surface area contributed by atoms with Crippen LogP contribution in [0.1, 0.15) is 30.4 Å². The zero-order chi connectivity index (χ0) is 14.3. The van der Waals surface area contributed by atoms with Crippen molar-refractivity contribution in [3.05, 3.63) is 71.8 Å². The van der Waals surface area contributed by atoms with E-state index in [2.05, 4.69) is 65.6 Å². The molecule has 0 bridgehead atoms. The molecule has 0 N–H and O–H groups in total. The number of aryl methyl sites for hydroxylation is 1. The Balaban J connectivity index is 1.41. The molecular formula is C20H25N. The van der Waals surface area contributed by atoms with Crippen molar-refractivity contribution in [1.82, 2.24) is 4.90 Å². The lowest BCUT2D eigenvalue weighted by atomic mass is 9.90. The highest BCUT2D eigenvalue weighted by Crippen LogP contribution is 2.23. The minimum absolute atomic E-state index is 0.914. The molecule has 0 spiro atoms. The van der Waals surface area contributed by atoms with Gasteiger partial charge in [0.05, 0.1) is 0 Å². The van der Waals surface area contributed by atoms with Crippen LogP contribution < -0.4 is 0 Å². The van der Waals surface area contributed by atoms with Gasteiger partial charge in [-0.05, 0) is 55.8 Å². The smallest absolute Gasteiger partial charge is 0.0233 e. The van der Waals surface area contributed by atoms with Gasteiger partial charge < -0.3 is 0 Å². The molecule has 110 valence electrons. The van der Waals surface area contributed by atoms with E-state index in [1.807, 2.05) is 0 Å². The highest BCUT2D eigenvalue weighted by Gasteiger charge is 2.18. The molecule has 0 amide bonds. The highest BCUT2D eigenvalue weighted by molar-refractivity contribution is 5.15. The third kappa shape index (κ3) is 4.44. The van der Waals surface area contributed by atoms with Crippen LogP contribution in [-0.2, 0) is 13.0 Å². The topological polar surface area (TPSA) is 3.24 Å². The summed E-state index contributed by atoms with van der Waals surface area (Å²) < 4.78 is 0. The molecule has 1 nitrogen and oxygen atoms in total. The maximum Gasteiger partial charge on any atom is 0.0233 e. The molecule has 1 heteroatoms. The van der Waals surface area contributed by atoms with Gasteiger partial charge in [-0.25, -0.2) is 0 Å². The summed E-state index contributed by atoms with van der Waals surface area (Å²) in [6, 6.07) is 21.8. The number of hydrogen-bond donors (Lipinski definition) is 0. The fourth-order valence-corrected chi connectivity index (χ4v) is 3.29. The molecule has 0 unspecified atom stereocenters. The van der Waals surface area contributed by atoms with Crippen LogP contribution in [0.2, 0.25) is 0 Å². The molecule has 0 saturated carbocycles. The lowest BCUT2D eigenvalue weighted by Crippen LogP contribution is -2.33. The first-order valence-electron chi connectivity index (χ1n) is 8.20. The summed E-state index contributed by atoms with van der Waals surface area (Å²) in [6.07, 6.45) is 5.31. The van der Waals surface area contributed by atoms with E-state index in [9.17, 15) is 0 Å². The molecule has 21 heavy (non-hydrogen) atoms. The van der Waals surface area contributed by atoms with Crippen molar-refractivity contribution in [2.24, 2.45) is 5.92 Å². The SMILES string of the molecule is c1ccc(CCC2CCN(Cc3ccccc3)CC2)cc1. The van der Waals surface area contributed by atoms with E-state index >= 15 is 0 Å². The number of hydrogen-bond acceptors (Lipinski definition) is 1. The summed E-state index contributed by atoms with van der Waals surface area (Å²) in [7, 11) is 0. The third-order valence-electron chi connectivity index (χ3n) is 4.64. The van der Waals surface area contributed by atoms with Crippen LogP contribution >= 0.6 is 0 Å². The molecular weight excluding hydrogens is 254 g/mol. The second-order valence-corrected chi connectivity index (χ2v) is 6.23. The van der Waals surface area contributed by atoms with Gasteiger partial charge in [0.25, 0.3) is 0 Å². The molecule has 1 heterocycles. The van der Waals surface area contributed by atoms with Gasteiger partial charge >= 0.3 is 0 Å². The number of likely N-dealkylation sites (tertiary alicyclic amines) is 1. The van der Waals surface area contributed by atoms with Gasteiger partial charge in [-0.1, -0.05) is 60.7 Å². The average molecular weight is 279 g/mol. The predicted octanol–water partition coefficient (Wildman–Crippen LogP) is 4.53. The van der Waals surface area contributed by atoms with Crippen LogP contribution in [0.15, 0.2) is 60.7 Å². The summed E-state index contributed by atoms with van der Waals surface area (Å²) in [6.45, 7) is 3.63. The van der Waals surface area contributed by atoms with Crippen molar-refractivity contribution in [1.29, 1.82) is 0 Å². The lowest BCUT2D eigenvalue weighted by Gasteiger charge is -2.32. The fraction of sp³-hybridized carbons (Fsp3) is 0.400. The predicted molar refractivity (Wildman–Crippen MR) is 89.2 cm³/mol. The molecule has 2 aromatic carbocycles. The van der Waals surface area contributed by atoms with Gasteiger partial charge in [-0.15, -0.1) is 0 Å². The molecule has 0 aromatic heterocycles. The summed E-state index contributed by atoms with van der Waals surface area (Å²) in [5.74, 6) is 0.914. The number of rotatable bonds is 5. The van der Waals surface area contributed by atoms with Crippen LogP contribution in [-0.4, -0.2) is 18.0 Å². The summed E-state index contributed by atoms with van der Waals surface area (Å²) in [4.78, 5) is 2.61. The Bertz CT molecular complexity index is 512. The first-order valence-corrected chi connectivity index (χ1v) is 8.20. The number of benzene rings is 2. The zero-order valence-corrected chi connectivity index (χ0v) is 12.7. The molecule has 0 atom stereocenters. The first kappa shape index (κ1) is 14.3. The monoisotopic (exact) mass is 279 g/mol. The van der Waals surface area contributed by atoms with E-state index in [4.69, 9.17) is 0 Å². The van der Waals surface area contributed by atoms with Crippen LogP contribution in [0.25, 0.3) is 0 Å². The van der Waals surface area contributed by atoms with Crippen molar-refractivity contribution >= 4 is 0 Å². The molecule has 2 aromatic rings. The van der Waals surface area contributed by atoms with E-state index in [-0.39, 0.29) is 0 Å². The minimum Gasteiger partial charge on any atom is -0.299 e. The summed E-state index contributed by atoms with van der Waals surface area (Å²) >= 11 is 0. The maximum atomic E-state index is 2.61. The van der Waals surface area contributed by atoms with Crippen LogP contribution in [0.5, 0.6) is 0 Å². The van der Waals surface area contributed by atoms with Crippen LogP contribution in [0.4, 0.5) is 0 Å². The molecule has 0 radical (unpaired) electrons. The second-order valence-electron chi connectivity index (χ2n) is 6.23. The Morgan fingerprint density at radius 2 is 1.33 bits per heavy atom. The standard InChI is InChI=1S/C20H25N/c1-3-7-18(8-4-1)11-12-19-13-15-21(16-14-19)17-20-9-5-2-6-10-20/h1-10,19H,11-17H2. The van der Waals surface area contributed by atoms with Gasteiger partial charge in [0.15, 0.2) is 0 Å². The molecule has 0 aliphatic carbocycles. The van der Waals surface area contributed by atoms with Crippen molar-refractivity contribution in [2.75, 3.05) is 13.1 Å². The summed E-state index contributed by atoms with van der Waals surface area (Å²) in [5.41, 5.74) is 2.93. The van der Waals surface area contributed by atoms with Gasteiger partial charge in [-0.3, -0.25) is 4.90 Å². The van der Waals surface area contributed by atoms with Gasteiger partial charge in [0.2, 0.25) is 0 Å². The van der Waals surface area contributed by atoms with E-state index in [1.165, 1.54) is 49.9 Å². The Labute approximate surface area is 128 Å². The lowest BCUT2D eigenvalue weighted by molar-refractivity contribution is 0.172. The van der Waals surface area contributed by atoms with Gasteiger partial charge in [-0.2, -0.15) is 0 Å². The van der Waals surface area contributed by atoms with E-state index in [0.717, 1.165) is 12.5 Å². The van der Waals surface area contributed by atoms with Crippen LogP contribution in [0, 0.1) is 5.92 Å². The third-order valence-corrected chi connectivity index (χ3v) is 4.64. The van der Waals surface area contributed by atoms with Crippen molar-refractivity contribution < 1.29 is 0 Å². The van der Waals surface area contributed by atoms with Crippen LogP contribution in [0.3, 0.4) is 0 Å². The first-order chi connectivity index (χ1) is 10.4. The number of piperidine rings is 1. The normalized spacial score (nSPS) is 17.0. The zero-order valence-electron chi connectivity index (χ0n) is 12.7.